The van der Waals surface area contributed by atoms with E-state index < -0.39 is 0 Å². The Morgan fingerprint density at radius 2 is 1.76 bits per heavy atom. The Kier molecular flexibility index (Phi) is 7.41. The highest BCUT2D eigenvalue weighted by Gasteiger charge is 2.17. The minimum absolute atomic E-state index is 0.231. The standard InChI is InChI=1S/C24H24FN5O4/c1-31-10-11-34-15-22-28-29-24(30(22)18-6-9-23(33-3)27-14-18)16-4-7-20(26-13-16)19-12-17(25)5-8-21(19)32-2/h4-9,12-14H,10-11,15H2,1-3H3. The first-order chi connectivity index (χ1) is 16.6. The van der Waals surface area contributed by atoms with Crippen molar-refractivity contribution in [2.24, 2.45) is 0 Å². The van der Waals surface area contributed by atoms with E-state index in [9.17, 15) is 4.39 Å². The first-order valence-corrected chi connectivity index (χ1v) is 10.5. The van der Waals surface area contributed by atoms with Crippen molar-refractivity contribution in [2.45, 2.75) is 6.61 Å². The van der Waals surface area contributed by atoms with Gasteiger partial charge in [-0.25, -0.2) is 9.37 Å². The van der Waals surface area contributed by atoms with E-state index in [1.165, 1.54) is 19.2 Å². The summed E-state index contributed by atoms with van der Waals surface area (Å²) in [4.78, 5) is 8.82. The fourth-order valence-electron chi connectivity index (χ4n) is 3.37. The van der Waals surface area contributed by atoms with Gasteiger partial charge in [-0.3, -0.25) is 9.55 Å². The summed E-state index contributed by atoms with van der Waals surface area (Å²) < 4.78 is 36.9. The SMILES string of the molecule is COCCOCc1nnc(-c2ccc(-c3cc(F)ccc3OC)nc2)n1-c1ccc(OC)nc1. The smallest absolute Gasteiger partial charge is 0.213 e. The lowest BCUT2D eigenvalue weighted by Crippen LogP contribution is -2.08. The summed E-state index contributed by atoms with van der Waals surface area (Å²) in [5.41, 5.74) is 2.58. The van der Waals surface area contributed by atoms with Gasteiger partial charge >= 0.3 is 0 Å². The zero-order valence-electron chi connectivity index (χ0n) is 19.1. The van der Waals surface area contributed by atoms with Crippen molar-refractivity contribution in [3.05, 3.63) is 66.5 Å². The van der Waals surface area contributed by atoms with Gasteiger partial charge in [0.25, 0.3) is 0 Å². The van der Waals surface area contributed by atoms with Crippen LogP contribution in [0.15, 0.2) is 54.9 Å². The van der Waals surface area contributed by atoms with Crippen molar-refractivity contribution in [3.8, 4) is 40.0 Å². The molecule has 0 amide bonds. The van der Waals surface area contributed by atoms with Gasteiger partial charge in [-0.2, -0.15) is 0 Å². The fourth-order valence-corrected chi connectivity index (χ4v) is 3.37. The van der Waals surface area contributed by atoms with Crippen LogP contribution in [0.5, 0.6) is 11.6 Å². The van der Waals surface area contributed by atoms with Gasteiger partial charge in [0.05, 0.1) is 45.0 Å². The van der Waals surface area contributed by atoms with Gasteiger partial charge in [0.2, 0.25) is 5.88 Å². The summed E-state index contributed by atoms with van der Waals surface area (Å²) in [6.07, 6.45) is 3.33. The number of benzene rings is 1. The molecule has 34 heavy (non-hydrogen) atoms. The van der Waals surface area contributed by atoms with Gasteiger partial charge in [0, 0.05) is 30.5 Å². The Labute approximate surface area is 196 Å². The molecule has 0 aliphatic carbocycles. The largest absolute Gasteiger partial charge is 0.496 e. The van der Waals surface area contributed by atoms with Gasteiger partial charge in [-0.1, -0.05) is 0 Å². The molecule has 0 spiro atoms. The van der Waals surface area contributed by atoms with E-state index in [0.29, 0.717) is 53.3 Å². The van der Waals surface area contributed by atoms with Crippen LogP contribution in [-0.4, -0.2) is 59.3 Å². The molecule has 0 radical (unpaired) electrons. The molecular formula is C24H24FN5O4. The Morgan fingerprint density at radius 3 is 2.44 bits per heavy atom. The van der Waals surface area contributed by atoms with Crippen LogP contribution >= 0.6 is 0 Å². The van der Waals surface area contributed by atoms with Crippen molar-refractivity contribution in [1.29, 1.82) is 0 Å². The second-order valence-electron chi connectivity index (χ2n) is 7.16. The molecular weight excluding hydrogens is 441 g/mol. The van der Waals surface area contributed by atoms with Crippen LogP contribution in [-0.2, 0) is 16.1 Å². The minimum Gasteiger partial charge on any atom is -0.496 e. The molecule has 0 fully saturated rings. The van der Waals surface area contributed by atoms with E-state index >= 15 is 0 Å². The van der Waals surface area contributed by atoms with Crippen molar-refractivity contribution >= 4 is 0 Å². The molecule has 0 aliphatic rings. The minimum atomic E-state index is -0.369. The molecule has 10 heteroatoms. The van der Waals surface area contributed by atoms with Gasteiger partial charge in [-0.15, -0.1) is 10.2 Å². The van der Waals surface area contributed by atoms with E-state index in [1.54, 1.807) is 44.8 Å². The van der Waals surface area contributed by atoms with Gasteiger partial charge in [-0.05, 0) is 36.4 Å². The van der Waals surface area contributed by atoms with E-state index in [4.69, 9.17) is 18.9 Å². The molecule has 176 valence electrons. The van der Waals surface area contributed by atoms with Crippen molar-refractivity contribution in [2.75, 3.05) is 34.5 Å². The molecule has 0 saturated carbocycles. The lowest BCUT2D eigenvalue weighted by Gasteiger charge is -2.12. The van der Waals surface area contributed by atoms with Crippen molar-refractivity contribution in [3.63, 3.8) is 0 Å². The van der Waals surface area contributed by atoms with E-state index in [2.05, 4.69) is 20.2 Å². The van der Waals surface area contributed by atoms with Crippen molar-refractivity contribution in [1.82, 2.24) is 24.7 Å². The van der Waals surface area contributed by atoms with Crippen LogP contribution in [0.4, 0.5) is 4.39 Å². The summed E-state index contributed by atoms with van der Waals surface area (Å²) >= 11 is 0. The van der Waals surface area contributed by atoms with Crippen LogP contribution in [0.1, 0.15) is 5.82 Å². The van der Waals surface area contributed by atoms with Crippen LogP contribution in [0.2, 0.25) is 0 Å². The molecule has 9 nitrogen and oxygen atoms in total. The number of ether oxygens (including phenoxy) is 4. The molecule has 1 aromatic carbocycles. The summed E-state index contributed by atoms with van der Waals surface area (Å²) in [6.45, 7) is 1.12. The molecule has 0 bridgehead atoms. The van der Waals surface area contributed by atoms with Crippen LogP contribution in [0.3, 0.4) is 0 Å². The number of halogens is 1. The monoisotopic (exact) mass is 465 g/mol. The quantitative estimate of drug-likeness (QED) is 0.327. The average molecular weight is 465 g/mol. The first-order valence-electron chi connectivity index (χ1n) is 10.5. The molecule has 3 aromatic heterocycles. The van der Waals surface area contributed by atoms with Crippen LogP contribution < -0.4 is 9.47 Å². The topological polar surface area (TPSA) is 93.4 Å². The highest BCUT2D eigenvalue weighted by atomic mass is 19.1. The number of hydrogen-bond acceptors (Lipinski definition) is 8. The van der Waals surface area contributed by atoms with E-state index in [-0.39, 0.29) is 12.4 Å². The number of rotatable bonds is 10. The summed E-state index contributed by atoms with van der Waals surface area (Å²) in [7, 11) is 4.71. The third-order valence-corrected chi connectivity index (χ3v) is 5.04. The number of pyridine rings is 2. The molecule has 0 aliphatic heterocycles. The Balaban J connectivity index is 1.70. The first kappa shape index (κ1) is 23.3. The maximum Gasteiger partial charge on any atom is 0.213 e. The predicted octanol–water partition coefficient (Wildman–Crippen LogP) is 3.71. The Morgan fingerprint density at radius 1 is 0.882 bits per heavy atom. The average Bonchev–Trinajstić information content (AvgIpc) is 3.30. The molecule has 3 heterocycles. The molecule has 0 N–H and O–H groups in total. The lowest BCUT2D eigenvalue weighted by atomic mass is 10.1. The third-order valence-electron chi connectivity index (χ3n) is 5.04. The third kappa shape index (κ3) is 5.03. The normalized spacial score (nSPS) is 10.9. The van der Waals surface area contributed by atoms with Crippen molar-refractivity contribution < 1.29 is 23.3 Å². The molecule has 0 atom stereocenters. The predicted molar refractivity (Wildman–Crippen MR) is 122 cm³/mol. The summed E-state index contributed by atoms with van der Waals surface area (Å²) in [6, 6.07) is 11.6. The molecule has 4 rings (SSSR count). The second kappa shape index (κ2) is 10.8. The Bertz CT molecular complexity index is 1230. The van der Waals surface area contributed by atoms with E-state index in [0.717, 1.165) is 5.69 Å². The fraction of sp³-hybridized carbons (Fsp3) is 0.250. The number of nitrogens with zero attached hydrogens (tertiary/aromatic N) is 5. The molecule has 4 aromatic rings. The van der Waals surface area contributed by atoms with Gasteiger partial charge in [0.1, 0.15) is 18.2 Å². The number of aromatic nitrogens is 5. The zero-order valence-corrected chi connectivity index (χ0v) is 19.1. The lowest BCUT2D eigenvalue weighted by molar-refractivity contribution is 0.0580. The highest BCUT2D eigenvalue weighted by molar-refractivity contribution is 5.69. The Hall–Kier alpha value is -3.89. The number of hydrogen-bond donors (Lipinski definition) is 0. The summed E-state index contributed by atoms with van der Waals surface area (Å²) in [5, 5.41) is 8.69. The van der Waals surface area contributed by atoms with Gasteiger partial charge in [0.15, 0.2) is 11.6 Å². The molecule has 0 unspecified atom stereocenters. The number of methoxy groups -OCH3 is 3. The zero-order chi connectivity index (χ0) is 23.9. The summed E-state index contributed by atoms with van der Waals surface area (Å²) in [5.74, 6) is 1.80. The van der Waals surface area contributed by atoms with Crippen LogP contribution in [0, 0.1) is 5.82 Å². The second-order valence-corrected chi connectivity index (χ2v) is 7.16. The maximum atomic E-state index is 13.8. The van der Waals surface area contributed by atoms with E-state index in [1.807, 2.05) is 16.7 Å². The highest BCUT2D eigenvalue weighted by Crippen LogP contribution is 2.31. The maximum absolute atomic E-state index is 13.8. The van der Waals surface area contributed by atoms with Gasteiger partial charge < -0.3 is 18.9 Å². The molecule has 0 saturated heterocycles. The van der Waals surface area contributed by atoms with Crippen LogP contribution in [0.25, 0.3) is 28.3 Å².